The molecule has 0 spiro atoms. The van der Waals surface area contributed by atoms with E-state index in [2.05, 4.69) is 52.2 Å². The molecule has 0 unspecified atom stereocenters. The molecule has 0 bridgehead atoms. The average molecular weight is 220 g/mol. The number of benzene rings is 2. The SMILES string of the molecule is c1ccc2c3c(ccc2c1)CCn1nccc1-3. The number of hydrogen-bond donors (Lipinski definition) is 0. The molecule has 0 radical (unpaired) electrons. The first-order valence-corrected chi connectivity index (χ1v) is 5.96. The van der Waals surface area contributed by atoms with Crippen molar-refractivity contribution < 1.29 is 0 Å². The lowest BCUT2D eigenvalue weighted by molar-refractivity contribution is 0.608. The first-order chi connectivity index (χ1) is 8.43. The van der Waals surface area contributed by atoms with Crippen molar-refractivity contribution in [1.82, 2.24) is 9.78 Å². The van der Waals surface area contributed by atoms with Gasteiger partial charge in [0.25, 0.3) is 0 Å². The van der Waals surface area contributed by atoms with Crippen LogP contribution in [0.3, 0.4) is 0 Å². The first kappa shape index (κ1) is 8.99. The van der Waals surface area contributed by atoms with E-state index in [1.54, 1.807) is 0 Å². The summed E-state index contributed by atoms with van der Waals surface area (Å²) < 4.78 is 2.11. The molecule has 1 aliphatic rings. The zero-order valence-corrected chi connectivity index (χ0v) is 9.43. The Kier molecular flexibility index (Phi) is 1.69. The van der Waals surface area contributed by atoms with Gasteiger partial charge in [0.2, 0.25) is 0 Å². The fraction of sp³-hybridized carbons (Fsp3) is 0.133. The summed E-state index contributed by atoms with van der Waals surface area (Å²) in [4.78, 5) is 0. The van der Waals surface area contributed by atoms with Gasteiger partial charge in [-0.15, -0.1) is 0 Å². The lowest BCUT2D eigenvalue weighted by atomic mass is 9.93. The largest absolute Gasteiger partial charge is 0.265 e. The third kappa shape index (κ3) is 1.18. The molecule has 2 heterocycles. The fourth-order valence-corrected chi connectivity index (χ4v) is 2.78. The summed E-state index contributed by atoms with van der Waals surface area (Å²) in [5.74, 6) is 0. The van der Waals surface area contributed by atoms with Crippen LogP contribution in [0.15, 0.2) is 48.7 Å². The molecule has 0 fully saturated rings. The Balaban J connectivity index is 2.17. The molecule has 4 rings (SSSR count). The minimum Gasteiger partial charge on any atom is -0.265 e. The van der Waals surface area contributed by atoms with Crippen LogP contribution >= 0.6 is 0 Å². The lowest BCUT2D eigenvalue weighted by Crippen LogP contribution is -2.11. The lowest BCUT2D eigenvalue weighted by Gasteiger charge is -2.19. The Morgan fingerprint density at radius 1 is 1.00 bits per heavy atom. The highest BCUT2D eigenvalue weighted by atomic mass is 15.3. The number of nitrogens with zero attached hydrogens (tertiary/aromatic N) is 2. The average Bonchev–Trinajstić information content (AvgIpc) is 2.86. The van der Waals surface area contributed by atoms with Gasteiger partial charge in [0.05, 0.1) is 5.69 Å². The van der Waals surface area contributed by atoms with Gasteiger partial charge in [0.15, 0.2) is 0 Å². The minimum atomic E-state index is 0.994. The van der Waals surface area contributed by atoms with Crippen molar-refractivity contribution in [3.8, 4) is 11.3 Å². The molecule has 0 N–H and O–H groups in total. The normalized spacial score (nSPS) is 13.4. The van der Waals surface area contributed by atoms with Gasteiger partial charge in [0, 0.05) is 18.3 Å². The van der Waals surface area contributed by atoms with Gasteiger partial charge >= 0.3 is 0 Å². The molecule has 0 atom stereocenters. The maximum absolute atomic E-state index is 4.38. The standard InChI is InChI=1S/C15H12N2/c1-2-4-13-11(3-1)5-6-12-8-10-17-14(15(12)13)7-9-16-17/h1-7,9H,8,10H2. The van der Waals surface area contributed by atoms with Gasteiger partial charge in [-0.2, -0.15) is 5.10 Å². The molecule has 0 amide bonds. The Bertz CT molecular complexity index is 710. The summed E-state index contributed by atoms with van der Waals surface area (Å²) >= 11 is 0. The Morgan fingerprint density at radius 2 is 1.94 bits per heavy atom. The summed E-state index contributed by atoms with van der Waals surface area (Å²) in [5, 5.41) is 7.02. The Hall–Kier alpha value is -2.09. The van der Waals surface area contributed by atoms with Crippen molar-refractivity contribution in [3.05, 3.63) is 54.2 Å². The van der Waals surface area contributed by atoms with Crippen LogP contribution in [0.5, 0.6) is 0 Å². The summed E-state index contributed by atoms with van der Waals surface area (Å²) in [5.41, 5.74) is 4.06. The Labute approximate surface area is 99.5 Å². The second kappa shape index (κ2) is 3.20. The summed E-state index contributed by atoms with van der Waals surface area (Å²) in [7, 11) is 0. The fourth-order valence-electron chi connectivity index (χ4n) is 2.78. The molecule has 82 valence electrons. The van der Waals surface area contributed by atoms with Crippen LogP contribution in [0, 0.1) is 0 Å². The Morgan fingerprint density at radius 3 is 2.94 bits per heavy atom. The monoisotopic (exact) mass is 220 g/mol. The van der Waals surface area contributed by atoms with E-state index in [1.807, 2.05) is 6.20 Å². The number of fused-ring (bicyclic) bond motifs is 5. The van der Waals surface area contributed by atoms with Crippen molar-refractivity contribution in [2.45, 2.75) is 13.0 Å². The second-order valence-electron chi connectivity index (χ2n) is 4.51. The summed E-state index contributed by atoms with van der Waals surface area (Å²) in [6, 6.07) is 15.2. The van der Waals surface area contributed by atoms with Gasteiger partial charge in [-0.1, -0.05) is 36.4 Å². The van der Waals surface area contributed by atoms with E-state index in [-0.39, 0.29) is 0 Å². The van der Waals surface area contributed by atoms with Gasteiger partial charge in [-0.05, 0) is 28.8 Å². The first-order valence-electron chi connectivity index (χ1n) is 5.96. The van der Waals surface area contributed by atoms with Crippen LogP contribution in [0.1, 0.15) is 5.56 Å². The molecule has 17 heavy (non-hydrogen) atoms. The molecule has 2 heteroatoms. The van der Waals surface area contributed by atoms with Crippen LogP contribution in [-0.2, 0) is 13.0 Å². The van der Waals surface area contributed by atoms with Gasteiger partial charge in [-0.25, -0.2) is 0 Å². The predicted molar refractivity (Wildman–Crippen MR) is 68.9 cm³/mol. The molecule has 0 aliphatic carbocycles. The summed E-state index contributed by atoms with van der Waals surface area (Å²) in [6.45, 7) is 0.994. The van der Waals surface area contributed by atoms with Gasteiger partial charge in [-0.3, -0.25) is 4.68 Å². The zero-order valence-electron chi connectivity index (χ0n) is 9.43. The highest BCUT2D eigenvalue weighted by molar-refractivity contribution is 5.97. The number of hydrogen-bond acceptors (Lipinski definition) is 1. The van der Waals surface area contributed by atoms with Crippen molar-refractivity contribution in [2.24, 2.45) is 0 Å². The van der Waals surface area contributed by atoms with Crippen LogP contribution in [-0.4, -0.2) is 9.78 Å². The number of aryl methyl sites for hydroxylation is 2. The smallest absolute Gasteiger partial charge is 0.0691 e. The predicted octanol–water partition coefficient (Wildman–Crippen LogP) is 3.26. The van der Waals surface area contributed by atoms with Crippen molar-refractivity contribution in [2.75, 3.05) is 0 Å². The van der Waals surface area contributed by atoms with Crippen LogP contribution in [0.2, 0.25) is 0 Å². The van der Waals surface area contributed by atoms with E-state index in [1.165, 1.54) is 27.6 Å². The highest BCUT2D eigenvalue weighted by Gasteiger charge is 2.18. The van der Waals surface area contributed by atoms with Gasteiger partial charge < -0.3 is 0 Å². The van der Waals surface area contributed by atoms with E-state index in [0.717, 1.165) is 13.0 Å². The third-order valence-electron chi connectivity index (χ3n) is 3.58. The van der Waals surface area contributed by atoms with E-state index in [9.17, 15) is 0 Å². The second-order valence-corrected chi connectivity index (χ2v) is 4.51. The van der Waals surface area contributed by atoms with E-state index >= 15 is 0 Å². The number of aromatic nitrogens is 2. The number of rotatable bonds is 0. The van der Waals surface area contributed by atoms with Crippen molar-refractivity contribution in [1.29, 1.82) is 0 Å². The molecule has 2 aromatic carbocycles. The van der Waals surface area contributed by atoms with E-state index in [0.29, 0.717) is 0 Å². The maximum Gasteiger partial charge on any atom is 0.0691 e. The molecule has 2 nitrogen and oxygen atoms in total. The topological polar surface area (TPSA) is 17.8 Å². The van der Waals surface area contributed by atoms with Crippen molar-refractivity contribution in [3.63, 3.8) is 0 Å². The maximum atomic E-state index is 4.38. The molecule has 1 aliphatic heterocycles. The molecule has 0 saturated carbocycles. The van der Waals surface area contributed by atoms with Gasteiger partial charge in [0.1, 0.15) is 0 Å². The van der Waals surface area contributed by atoms with E-state index in [4.69, 9.17) is 0 Å². The van der Waals surface area contributed by atoms with Crippen LogP contribution in [0.25, 0.3) is 22.0 Å². The zero-order chi connectivity index (χ0) is 11.2. The summed E-state index contributed by atoms with van der Waals surface area (Å²) in [6.07, 6.45) is 2.97. The van der Waals surface area contributed by atoms with Crippen LogP contribution < -0.4 is 0 Å². The minimum absolute atomic E-state index is 0.994. The van der Waals surface area contributed by atoms with E-state index < -0.39 is 0 Å². The highest BCUT2D eigenvalue weighted by Crippen LogP contribution is 2.35. The van der Waals surface area contributed by atoms with Crippen LogP contribution in [0.4, 0.5) is 0 Å². The van der Waals surface area contributed by atoms with Crippen molar-refractivity contribution >= 4 is 10.8 Å². The molecular weight excluding hydrogens is 208 g/mol. The molecule has 0 saturated heterocycles. The molecule has 1 aromatic heterocycles. The molecule has 3 aromatic rings. The molecular formula is C15H12N2. The third-order valence-corrected chi connectivity index (χ3v) is 3.58. The quantitative estimate of drug-likeness (QED) is 0.568.